The van der Waals surface area contributed by atoms with Crippen LogP contribution in [0.1, 0.15) is 27.7 Å². The number of nitrogens with zero attached hydrogens (tertiary/aromatic N) is 2. The van der Waals surface area contributed by atoms with Crippen molar-refractivity contribution in [2.24, 2.45) is 9.98 Å². The Labute approximate surface area is 295 Å². The minimum absolute atomic E-state index is 0.921. The summed E-state index contributed by atoms with van der Waals surface area (Å²) in [6, 6.07) is 51.3. The van der Waals surface area contributed by atoms with Crippen LogP contribution in [0.4, 0.5) is 22.7 Å². The van der Waals surface area contributed by atoms with Crippen LogP contribution < -0.4 is 10.6 Å². The SMILES string of the molecule is CC1=Nc2ccc(cc2)-c2ccccc2-c2ccc(cc2)N/C(C)=C\C(C)=Nc2ccc(cc2)-c2ccccc2-c2ccc(cc2)N/C(C)=C\1. The number of nitrogens with one attached hydrogen (secondary N) is 2. The minimum atomic E-state index is 0.921. The Morgan fingerprint density at radius 3 is 0.920 bits per heavy atom. The summed E-state index contributed by atoms with van der Waals surface area (Å²) in [5.41, 5.74) is 17.2. The van der Waals surface area contributed by atoms with Crippen LogP contribution in [-0.2, 0) is 0 Å². The van der Waals surface area contributed by atoms with Gasteiger partial charge in [0.25, 0.3) is 0 Å². The number of anilines is 2. The van der Waals surface area contributed by atoms with Crippen molar-refractivity contribution in [2.45, 2.75) is 27.7 Å². The summed E-state index contributed by atoms with van der Waals surface area (Å²) in [6.45, 7) is 8.21. The van der Waals surface area contributed by atoms with Crippen LogP contribution in [0.25, 0.3) is 44.5 Å². The summed E-state index contributed by atoms with van der Waals surface area (Å²) in [7, 11) is 0. The maximum Gasteiger partial charge on any atom is 0.0633 e. The summed E-state index contributed by atoms with van der Waals surface area (Å²) in [5.74, 6) is 0. The molecular weight excluding hydrogens is 609 g/mol. The average Bonchev–Trinajstić information content (AvgIpc) is 3.12. The van der Waals surface area contributed by atoms with Gasteiger partial charge in [-0.15, -0.1) is 0 Å². The van der Waals surface area contributed by atoms with Gasteiger partial charge in [-0.2, -0.15) is 0 Å². The number of rotatable bonds is 0. The predicted octanol–water partition coefficient (Wildman–Crippen LogP) is 12.9. The van der Waals surface area contributed by atoms with Crippen molar-refractivity contribution in [3.8, 4) is 44.5 Å². The van der Waals surface area contributed by atoms with Gasteiger partial charge in [0.2, 0.25) is 0 Å². The lowest BCUT2D eigenvalue weighted by atomic mass is 9.94. The van der Waals surface area contributed by atoms with Gasteiger partial charge in [0.1, 0.15) is 0 Å². The molecule has 0 fully saturated rings. The number of allylic oxidation sites excluding steroid dienone is 4. The fourth-order valence-corrected chi connectivity index (χ4v) is 6.50. The molecule has 7 aliphatic rings. The molecule has 0 radical (unpaired) electrons. The lowest BCUT2D eigenvalue weighted by Crippen LogP contribution is -1.98. The van der Waals surface area contributed by atoms with Gasteiger partial charge in [-0.3, -0.25) is 9.98 Å². The van der Waals surface area contributed by atoms with Crippen LogP contribution in [0.15, 0.2) is 179 Å². The highest BCUT2D eigenvalue weighted by Crippen LogP contribution is 2.35. The fraction of sp³-hybridized carbons (Fsp3) is 0.0870. The van der Waals surface area contributed by atoms with Gasteiger partial charge in [0.05, 0.1) is 11.4 Å². The van der Waals surface area contributed by atoms with E-state index in [9.17, 15) is 0 Å². The van der Waals surface area contributed by atoms with Gasteiger partial charge >= 0.3 is 0 Å². The lowest BCUT2D eigenvalue weighted by molar-refractivity contribution is 1.37. The third-order valence-corrected chi connectivity index (χ3v) is 8.75. The molecular formula is C46H40N4. The monoisotopic (exact) mass is 648 g/mol. The molecule has 0 aromatic heterocycles. The maximum absolute atomic E-state index is 4.88. The van der Waals surface area contributed by atoms with Gasteiger partial charge in [-0.05, 0) is 133 Å². The van der Waals surface area contributed by atoms with Crippen LogP contribution >= 0.6 is 0 Å². The highest BCUT2D eigenvalue weighted by molar-refractivity contribution is 5.96. The molecule has 0 saturated carbocycles. The molecule has 0 aliphatic carbocycles. The van der Waals surface area contributed by atoms with Crippen molar-refractivity contribution in [1.82, 2.24) is 0 Å². The summed E-state index contributed by atoms with van der Waals surface area (Å²) in [6.07, 6.45) is 4.16. The largest absolute Gasteiger partial charge is 0.359 e. The number of hydrogen-bond donors (Lipinski definition) is 2. The molecule has 0 amide bonds. The Hall–Kier alpha value is -6.26. The first-order chi connectivity index (χ1) is 24.4. The van der Waals surface area contributed by atoms with Crippen LogP contribution in [0.3, 0.4) is 0 Å². The first kappa shape index (κ1) is 32.3. The van der Waals surface area contributed by atoms with Gasteiger partial charge in [-0.25, -0.2) is 0 Å². The summed E-state index contributed by atoms with van der Waals surface area (Å²) < 4.78 is 0. The fourth-order valence-electron chi connectivity index (χ4n) is 6.50. The van der Waals surface area contributed by atoms with E-state index in [-0.39, 0.29) is 0 Å². The maximum atomic E-state index is 4.88. The standard InChI is InChI=1S/C46H40N4/c1-31-29-32(2)48-40-23-15-36(16-24-40)45-11-7-8-12-46(45)38-19-27-42(28-20-38)50-34(4)30-33(3)49-41-25-17-37(18-26-41)44-10-6-5-9-43(44)35-13-21-39(47-31)22-14-35/h5-30,47,50H,1-4H3/b31-29-,34-30-,48-32?,49-33?. The van der Waals surface area contributed by atoms with E-state index < -0.39 is 0 Å². The molecule has 0 atom stereocenters. The normalized spacial score (nSPS) is 15.3. The molecule has 6 aromatic rings. The third kappa shape index (κ3) is 7.56. The van der Waals surface area contributed by atoms with E-state index in [1.54, 1.807) is 0 Å². The van der Waals surface area contributed by atoms with E-state index in [2.05, 4.69) is 182 Å². The van der Waals surface area contributed by atoms with Gasteiger partial charge in [0, 0.05) is 34.2 Å². The minimum Gasteiger partial charge on any atom is -0.359 e. The molecule has 2 N–H and O–H groups in total. The smallest absolute Gasteiger partial charge is 0.0633 e. The topological polar surface area (TPSA) is 48.8 Å². The van der Waals surface area contributed by atoms with Crippen molar-refractivity contribution in [1.29, 1.82) is 0 Å². The molecule has 7 heterocycles. The van der Waals surface area contributed by atoms with Crippen LogP contribution in [0.5, 0.6) is 0 Å². The van der Waals surface area contributed by atoms with Crippen molar-refractivity contribution in [2.75, 3.05) is 10.6 Å². The van der Waals surface area contributed by atoms with Crippen molar-refractivity contribution >= 4 is 34.2 Å². The highest BCUT2D eigenvalue weighted by atomic mass is 14.9. The van der Waals surface area contributed by atoms with E-state index in [4.69, 9.17) is 9.98 Å². The molecule has 244 valence electrons. The molecule has 0 saturated heterocycles. The van der Waals surface area contributed by atoms with E-state index >= 15 is 0 Å². The van der Waals surface area contributed by atoms with Crippen LogP contribution in [-0.4, -0.2) is 11.4 Å². The summed E-state index contributed by atoms with van der Waals surface area (Å²) in [4.78, 5) is 9.77. The molecule has 7 aliphatic heterocycles. The van der Waals surface area contributed by atoms with Crippen molar-refractivity contribution in [3.05, 3.63) is 169 Å². The second kappa shape index (κ2) is 14.5. The molecule has 50 heavy (non-hydrogen) atoms. The number of benzene rings is 6. The van der Waals surface area contributed by atoms with Gasteiger partial charge < -0.3 is 10.6 Å². The van der Waals surface area contributed by atoms with Crippen molar-refractivity contribution < 1.29 is 0 Å². The van der Waals surface area contributed by atoms with Crippen molar-refractivity contribution in [3.63, 3.8) is 0 Å². The Morgan fingerprint density at radius 2 is 0.620 bits per heavy atom. The molecule has 6 aromatic carbocycles. The zero-order chi connectivity index (χ0) is 34.5. The first-order valence-corrected chi connectivity index (χ1v) is 17.0. The van der Waals surface area contributed by atoms with Gasteiger partial charge in [0.15, 0.2) is 0 Å². The molecule has 0 unspecified atom stereocenters. The second-order valence-corrected chi connectivity index (χ2v) is 12.8. The zero-order valence-corrected chi connectivity index (χ0v) is 28.9. The quantitative estimate of drug-likeness (QED) is 0.172. The highest BCUT2D eigenvalue weighted by Gasteiger charge is 2.10. The Bertz CT molecular complexity index is 2090. The molecule has 8 bridgehead atoms. The zero-order valence-electron chi connectivity index (χ0n) is 28.9. The number of aliphatic imine (C=N–C) groups is 2. The lowest BCUT2D eigenvalue weighted by Gasteiger charge is -2.13. The Kier molecular flexibility index (Phi) is 9.35. The first-order valence-electron chi connectivity index (χ1n) is 17.0. The molecule has 0 spiro atoms. The second-order valence-electron chi connectivity index (χ2n) is 12.8. The van der Waals surface area contributed by atoms with E-state index in [1.807, 2.05) is 13.8 Å². The third-order valence-electron chi connectivity index (χ3n) is 8.75. The molecule has 4 nitrogen and oxygen atoms in total. The van der Waals surface area contributed by atoms with E-state index in [0.717, 1.165) is 67.8 Å². The Balaban J connectivity index is 1.26. The molecule has 4 heteroatoms. The summed E-state index contributed by atoms with van der Waals surface area (Å²) >= 11 is 0. The van der Waals surface area contributed by atoms with Gasteiger partial charge in [-0.1, -0.05) is 97.1 Å². The van der Waals surface area contributed by atoms with E-state index in [0.29, 0.717) is 0 Å². The van der Waals surface area contributed by atoms with Crippen LogP contribution in [0, 0.1) is 0 Å². The summed E-state index contributed by atoms with van der Waals surface area (Å²) in [5, 5.41) is 7.07. The predicted molar refractivity (Wildman–Crippen MR) is 215 cm³/mol. The van der Waals surface area contributed by atoms with Crippen LogP contribution in [0.2, 0.25) is 0 Å². The average molecular weight is 649 g/mol. The van der Waals surface area contributed by atoms with E-state index in [1.165, 1.54) is 22.3 Å². The number of hydrogen-bond acceptors (Lipinski definition) is 4. The Morgan fingerprint density at radius 1 is 0.340 bits per heavy atom. The molecule has 13 rings (SSSR count).